The van der Waals surface area contributed by atoms with Gasteiger partial charge in [0.2, 0.25) is 0 Å². The molecule has 0 fully saturated rings. The Morgan fingerprint density at radius 2 is 1.69 bits per heavy atom. The van der Waals surface area contributed by atoms with E-state index < -0.39 is 0 Å². The second-order valence-electron chi connectivity index (χ2n) is 3.55. The van der Waals surface area contributed by atoms with Gasteiger partial charge < -0.3 is 0 Å². The Bertz CT molecular complexity index is 220. The van der Waals surface area contributed by atoms with E-state index in [1.807, 2.05) is 12.1 Å². The molecule has 0 saturated heterocycles. The van der Waals surface area contributed by atoms with Crippen molar-refractivity contribution < 1.29 is 0 Å². The van der Waals surface area contributed by atoms with Crippen LogP contribution < -0.4 is 0 Å². The molecule has 2 radical (unpaired) electrons. The van der Waals surface area contributed by atoms with Gasteiger partial charge in [0.05, 0.1) is 0 Å². The van der Waals surface area contributed by atoms with Gasteiger partial charge in [-0.05, 0) is 30.9 Å². The van der Waals surface area contributed by atoms with E-state index in [2.05, 4.69) is 19.1 Å². The molecule has 0 aliphatic carbocycles. The van der Waals surface area contributed by atoms with Crippen LogP contribution in [0.3, 0.4) is 0 Å². The van der Waals surface area contributed by atoms with Crippen molar-refractivity contribution in [2.75, 3.05) is 0 Å². The molecule has 1 aromatic carbocycles. The van der Waals surface area contributed by atoms with Crippen LogP contribution in [-0.2, 0) is 6.42 Å². The van der Waals surface area contributed by atoms with E-state index in [0.29, 0.717) is 0 Å². The van der Waals surface area contributed by atoms with Crippen molar-refractivity contribution >= 4 is 0 Å². The van der Waals surface area contributed by atoms with Gasteiger partial charge in [-0.15, -0.1) is 0 Å². The number of benzene rings is 1. The highest BCUT2D eigenvalue weighted by molar-refractivity contribution is 5.24. The highest BCUT2D eigenvalue weighted by atomic mass is 14.0. The number of hydrogen-bond acceptors (Lipinski definition) is 0. The summed E-state index contributed by atoms with van der Waals surface area (Å²) in [6.07, 6.45) is 6.51. The number of hydrogen-bond donors (Lipinski definition) is 0. The van der Waals surface area contributed by atoms with Gasteiger partial charge in [-0.3, -0.25) is 0 Å². The van der Waals surface area contributed by atoms with Gasteiger partial charge in [0.25, 0.3) is 0 Å². The molecule has 0 heterocycles. The maximum atomic E-state index is 5.60. The Morgan fingerprint density at radius 1 is 1.00 bits per heavy atom. The van der Waals surface area contributed by atoms with Crippen molar-refractivity contribution in [1.29, 1.82) is 0 Å². The van der Waals surface area contributed by atoms with Gasteiger partial charge in [0, 0.05) is 0 Å². The minimum absolute atomic E-state index is 0.859. The summed E-state index contributed by atoms with van der Waals surface area (Å²) in [5.41, 5.74) is 2.27. The van der Waals surface area contributed by atoms with Gasteiger partial charge in [0.15, 0.2) is 0 Å². The van der Waals surface area contributed by atoms with Crippen LogP contribution in [0, 0.1) is 6.92 Å². The quantitative estimate of drug-likeness (QED) is 0.594. The van der Waals surface area contributed by atoms with Crippen LogP contribution in [0.1, 0.15) is 43.7 Å². The topological polar surface area (TPSA) is 0 Å². The molecule has 0 aromatic heterocycles. The predicted octanol–water partition coefficient (Wildman–Crippen LogP) is 3.87. The van der Waals surface area contributed by atoms with Crippen molar-refractivity contribution in [1.82, 2.24) is 0 Å². The zero-order valence-corrected chi connectivity index (χ0v) is 8.42. The third-order valence-electron chi connectivity index (χ3n) is 2.30. The lowest BCUT2D eigenvalue weighted by Gasteiger charge is -2.01. The molecule has 1 rings (SSSR count). The molecule has 0 bridgehead atoms. The minimum Gasteiger partial charge on any atom is -0.0654 e. The number of unbranched alkanes of at least 4 members (excludes halogenated alkanes) is 3. The molecule has 0 aliphatic heterocycles. The standard InChI is InChI=1S/C13H18/c1-3-4-5-6-7-13-10-8-12(2)9-11-13/h2,8-11H,3-7H2,1H3. The molecule has 0 spiro atoms. The fourth-order valence-corrected chi connectivity index (χ4v) is 1.44. The van der Waals surface area contributed by atoms with Crippen molar-refractivity contribution in [2.24, 2.45) is 0 Å². The van der Waals surface area contributed by atoms with Gasteiger partial charge in [-0.25, -0.2) is 0 Å². The van der Waals surface area contributed by atoms with E-state index in [9.17, 15) is 0 Å². The molecule has 0 amide bonds. The van der Waals surface area contributed by atoms with E-state index in [1.165, 1.54) is 37.7 Å². The first-order valence-corrected chi connectivity index (χ1v) is 5.17. The Balaban J connectivity index is 2.25. The summed E-state index contributed by atoms with van der Waals surface area (Å²) in [7, 11) is 0. The summed E-state index contributed by atoms with van der Waals surface area (Å²) in [5.74, 6) is 0. The summed E-state index contributed by atoms with van der Waals surface area (Å²) in [5, 5.41) is 0. The predicted molar refractivity (Wildman–Crippen MR) is 57.7 cm³/mol. The maximum Gasteiger partial charge on any atom is -0.00120 e. The van der Waals surface area contributed by atoms with Crippen LogP contribution in [0.2, 0.25) is 0 Å². The fraction of sp³-hybridized carbons (Fsp3) is 0.462. The zero-order valence-electron chi connectivity index (χ0n) is 8.42. The van der Waals surface area contributed by atoms with Crippen LogP contribution >= 0.6 is 0 Å². The Hall–Kier alpha value is -0.780. The largest absolute Gasteiger partial charge is 0.0654 e. The van der Waals surface area contributed by atoms with Gasteiger partial charge >= 0.3 is 0 Å². The molecule has 0 N–H and O–H groups in total. The molecule has 0 atom stereocenters. The van der Waals surface area contributed by atoms with Crippen LogP contribution in [0.4, 0.5) is 0 Å². The second kappa shape index (κ2) is 5.80. The van der Waals surface area contributed by atoms with Crippen molar-refractivity contribution in [3.63, 3.8) is 0 Å². The Kier molecular flexibility index (Phi) is 4.59. The Labute approximate surface area is 82.0 Å². The maximum absolute atomic E-state index is 5.60. The molecule has 70 valence electrons. The second-order valence-corrected chi connectivity index (χ2v) is 3.55. The Morgan fingerprint density at radius 3 is 2.31 bits per heavy atom. The molecule has 0 aliphatic rings. The first-order valence-electron chi connectivity index (χ1n) is 5.17. The molecule has 0 heteroatoms. The summed E-state index contributed by atoms with van der Waals surface area (Å²) in [4.78, 5) is 0. The molecule has 1 aromatic rings. The van der Waals surface area contributed by atoms with Crippen molar-refractivity contribution in [3.8, 4) is 0 Å². The summed E-state index contributed by atoms with van der Waals surface area (Å²) >= 11 is 0. The SMILES string of the molecule is [CH]c1ccc(CCCCCC)cc1. The fourth-order valence-electron chi connectivity index (χ4n) is 1.44. The van der Waals surface area contributed by atoms with Crippen LogP contribution in [0.15, 0.2) is 24.3 Å². The van der Waals surface area contributed by atoms with Crippen LogP contribution in [0.25, 0.3) is 0 Å². The van der Waals surface area contributed by atoms with E-state index >= 15 is 0 Å². The van der Waals surface area contributed by atoms with Gasteiger partial charge in [-0.2, -0.15) is 0 Å². The lowest BCUT2D eigenvalue weighted by Crippen LogP contribution is -1.85. The minimum atomic E-state index is 0.859. The third-order valence-corrected chi connectivity index (χ3v) is 2.30. The van der Waals surface area contributed by atoms with Crippen LogP contribution in [0.5, 0.6) is 0 Å². The highest BCUT2D eigenvalue weighted by Crippen LogP contribution is 2.08. The van der Waals surface area contributed by atoms with Crippen molar-refractivity contribution in [2.45, 2.75) is 39.0 Å². The molecule has 0 unspecified atom stereocenters. The normalized spacial score (nSPS) is 10.3. The van der Waals surface area contributed by atoms with E-state index in [0.717, 1.165) is 5.56 Å². The van der Waals surface area contributed by atoms with Crippen molar-refractivity contribution in [3.05, 3.63) is 42.3 Å². The average Bonchev–Trinajstić information content (AvgIpc) is 2.15. The number of rotatable bonds is 5. The lowest BCUT2D eigenvalue weighted by molar-refractivity contribution is 0.667. The van der Waals surface area contributed by atoms with Gasteiger partial charge in [-0.1, -0.05) is 50.5 Å². The number of aryl methyl sites for hydroxylation is 1. The molecule has 13 heavy (non-hydrogen) atoms. The first-order chi connectivity index (χ1) is 6.33. The van der Waals surface area contributed by atoms with E-state index in [1.54, 1.807) is 0 Å². The smallest absolute Gasteiger partial charge is 0.00120 e. The summed E-state index contributed by atoms with van der Waals surface area (Å²) in [6.45, 7) is 7.84. The first kappa shape index (κ1) is 10.3. The average molecular weight is 174 g/mol. The van der Waals surface area contributed by atoms with E-state index in [-0.39, 0.29) is 0 Å². The van der Waals surface area contributed by atoms with E-state index in [4.69, 9.17) is 6.92 Å². The summed E-state index contributed by atoms with van der Waals surface area (Å²) in [6, 6.07) is 8.22. The monoisotopic (exact) mass is 174 g/mol. The van der Waals surface area contributed by atoms with Gasteiger partial charge in [0.1, 0.15) is 0 Å². The molecule has 0 nitrogen and oxygen atoms in total. The highest BCUT2D eigenvalue weighted by Gasteiger charge is 1.92. The zero-order chi connectivity index (χ0) is 9.52. The molecule has 0 saturated carbocycles. The lowest BCUT2D eigenvalue weighted by atomic mass is 10.1. The molecular weight excluding hydrogens is 156 g/mol. The van der Waals surface area contributed by atoms with Crippen LogP contribution in [-0.4, -0.2) is 0 Å². The summed E-state index contributed by atoms with van der Waals surface area (Å²) < 4.78 is 0. The third kappa shape index (κ3) is 4.12. The molecular formula is C13H18.